The second kappa shape index (κ2) is 7.84. The summed E-state index contributed by atoms with van der Waals surface area (Å²) in [5, 5.41) is 13.2. The van der Waals surface area contributed by atoms with Gasteiger partial charge >= 0.3 is 0 Å². The van der Waals surface area contributed by atoms with E-state index in [1.165, 1.54) is 4.90 Å². The van der Waals surface area contributed by atoms with Crippen LogP contribution >= 0.6 is 11.8 Å². The van der Waals surface area contributed by atoms with E-state index in [4.69, 9.17) is 4.74 Å². The number of benzene rings is 2. The zero-order chi connectivity index (χ0) is 15.1. The van der Waals surface area contributed by atoms with Crippen LogP contribution in [0.15, 0.2) is 47.4 Å². The highest BCUT2D eigenvalue weighted by atomic mass is 32.2. The maximum atomic E-state index is 9.72. The van der Waals surface area contributed by atoms with Crippen LogP contribution in [0.2, 0.25) is 0 Å². The number of hydrogen-bond donors (Lipinski definition) is 2. The summed E-state index contributed by atoms with van der Waals surface area (Å²) in [6, 6.07) is 13.7. The summed E-state index contributed by atoms with van der Waals surface area (Å²) in [6.45, 7) is 5.29. The second-order valence-electron chi connectivity index (χ2n) is 4.52. The van der Waals surface area contributed by atoms with E-state index in [9.17, 15) is 5.11 Å². The SMILES string of the molecule is CCOc1cc(CNc2ccccc2SCC)ccc1O. The van der Waals surface area contributed by atoms with E-state index in [-0.39, 0.29) is 5.75 Å². The van der Waals surface area contributed by atoms with Gasteiger partial charge in [-0.2, -0.15) is 0 Å². The second-order valence-corrected chi connectivity index (χ2v) is 5.82. The number of para-hydroxylation sites is 1. The fourth-order valence-electron chi connectivity index (χ4n) is 2.03. The molecule has 0 aliphatic carbocycles. The van der Waals surface area contributed by atoms with Crippen LogP contribution in [0.3, 0.4) is 0 Å². The number of rotatable bonds is 7. The van der Waals surface area contributed by atoms with Crippen LogP contribution in [0.1, 0.15) is 19.4 Å². The predicted molar refractivity (Wildman–Crippen MR) is 89.4 cm³/mol. The lowest BCUT2D eigenvalue weighted by Crippen LogP contribution is -2.01. The fraction of sp³-hybridized carbons (Fsp3) is 0.294. The van der Waals surface area contributed by atoms with Gasteiger partial charge in [-0.15, -0.1) is 11.8 Å². The first kappa shape index (κ1) is 15.6. The van der Waals surface area contributed by atoms with E-state index in [1.807, 2.05) is 36.9 Å². The Kier molecular flexibility index (Phi) is 5.81. The van der Waals surface area contributed by atoms with Crippen molar-refractivity contribution < 1.29 is 9.84 Å². The van der Waals surface area contributed by atoms with E-state index in [1.54, 1.807) is 6.07 Å². The third-order valence-electron chi connectivity index (χ3n) is 2.99. The Morgan fingerprint density at radius 2 is 1.95 bits per heavy atom. The third-order valence-corrected chi connectivity index (χ3v) is 3.95. The molecular formula is C17H21NO2S. The lowest BCUT2D eigenvalue weighted by molar-refractivity contribution is 0.318. The van der Waals surface area contributed by atoms with Gasteiger partial charge in [0.05, 0.1) is 6.61 Å². The first-order valence-electron chi connectivity index (χ1n) is 7.15. The molecule has 0 fully saturated rings. The first-order valence-corrected chi connectivity index (χ1v) is 8.13. The quantitative estimate of drug-likeness (QED) is 0.738. The molecule has 0 spiro atoms. The van der Waals surface area contributed by atoms with Gasteiger partial charge in [0.25, 0.3) is 0 Å². The molecule has 0 saturated heterocycles. The van der Waals surface area contributed by atoms with Crippen molar-refractivity contribution in [1.29, 1.82) is 0 Å². The zero-order valence-corrected chi connectivity index (χ0v) is 13.2. The summed E-state index contributed by atoms with van der Waals surface area (Å²) < 4.78 is 5.41. The van der Waals surface area contributed by atoms with Gasteiger partial charge in [0.1, 0.15) is 0 Å². The van der Waals surface area contributed by atoms with Gasteiger partial charge < -0.3 is 15.2 Å². The summed E-state index contributed by atoms with van der Waals surface area (Å²) in [5.74, 6) is 1.77. The molecule has 0 heterocycles. The highest BCUT2D eigenvalue weighted by Crippen LogP contribution is 2.29. The molecule has 2 N–H and O–H groups in total. The fourth-order valence-corrected chi connectivity index (χ4v) is 2.81. The molecule has 2 aromatic rings. The molecule has 0 bridgehead atoms. The Morgan fingerprint density at radius 3 is 2.71 bits per heavy atom. The van der Waals surface area contributed by atoms with Crippen molar-refractivity contribution in [3.8, 4) is 11.5 Å². The van der Waals surface area contributed by atoms with Gasteiger partial charge in [0.2, 0.25) is 0 Å². The van der Waals surface area contributed by atoms with Gasteiger partial charge in [0, 0.05) is 17.1 Å². The summed E-state index contributed by atoms with van der Waals surface area (Å²) in [4.78, 5) is 1.25. The van der Waals surface area contributed by atoms with Crippen molar-refractivity contribution in [2.45, 2.75) is 25.3 Å². The van der Waals surface area contributed by atoms with Gasteiger partial charge in [-0.3, -0.25) is 0 Å². The molecule has 0 radical (unpaired) electrons. The molecule has 0 unspecified atom stereocenters. The highest BCUT2D eigenvalue weighted by Gasteiger charge is 2.05. The summed E-state index contributed by atoms with van der Waals surface area (Å²) in [7, 11) is 0. The van der Waals surface area contributed by atoms with Crippen LogP contribution in [0.5, 0.6) is 11.5 Å². The van der Waals surface area contributed by atoms with E-state index in [2.05, 4.69) is 30.4 Å². The number of anilines is 1. The molecule has 0 saturated carbocycles. The Hall–Kier alpha value is -1.81. The van der Waals surface area contributed by atoms with Crippen LogP contribution in [-0.2, 0) is 6.54 Å². The molecule has 3 nitrogen and oxygen atoms in total. The highest BCUT2D eigenvalue weighted by molar-refractivity contribution is 7.99. The Balaban J connectivity index is 2.08. The Morgan fingerprint density at radius 1 is 1.14 bits per heavy atom. The molecule has 0 aromatic heterocycles. The van der Waals surface area contributed by atoms with Crippen LogP contribution in [0.4, 0.5) is 5.69 Å². The van der Waals surface area contributed by atoms with E-state index < -0.39 is 0 Å². The van der Waals surface area contributed by atoms with Crippen molar-refractivity contribution in [3.05, 3.63) is 48.0 Å². The summed E-state index contributed by atoms with van der Waals surface area (Å²) >= 11 is 1.82. The van der Waals surface area contributed by atoms with Crippen molar-refractivity contribution in [2.24, 2.45) is 0 Å². The lowest BCUT2D eigenvalue weighted by atomic mass is 10.2. The lowest BCUT2D eigenvalue weighted by Gasteiger charge is -2.12. The number of phenolic OH excluding ortho intramolecular Hbond substituents is 1. The molecule has 0 amide bonds. The molecule has 112 valence electrons. The van der Waals surface area contributed by atoms with Gasteiger partial charge in [0.15, 0.2) is 11.5 Å². The summed E-state index contributed by atoms with van der Waals surface area (Å²) in [5.41, 5.74) is 2.21. The van der Waals surface area contributed by atoms with Crippen molar-refractivity contribution >= 4 is 17.4 Å². The average molecular weight is 303 g/mol. The largest absolute Gasteiger partial charge is 0.504 e. The molecule has 0 atom stereocenters. The normalized spacial score (nSPS) is 10.4. The van der Waals surface area contributed by atoms with E-state index in [0.717, 1.165) is 17.0 Å². The monoisotopic (exact) mass is 303 g/mol. The van der Waals surface area contributed by atoms with Crippen LogP contribution < -0.4 is 10.1 Å². The molecule has 4 heteroatoms. The van der Waals surface area contributed by atoms with E-state index in [0.29, 0.717) is 18.9 Å². The molecule has 21 heavy (non-hydrogen) atoms. The summed E-state index contributed by atoms with van der Waals surface area (Å²) in [6.07, 6.45) is 0. The van der Waals surface area contributed by atoms with Crippen LogP contribution in [-0.4, -0.2) is 17.5 Å². The molecular weight excluding hydrogens is 282 g/mol. The third kappa shape index (κ3) is 4.33. The Labute approximate surface area is 130 Å². The minimum Gasteiger partial charge on any atom is -0.504 e. The average Bonchev–Trinajstić information content (AvgIpc) is 2.50. The van der Waals surface area contributed by atoms with Crippen molar-refractivity contribution in [3.63, 3.8) is 0 Å². The zero-order valence-electron chi connectivity index (χ0n) is 12.4. The predicted octanol–water partition coefficient (Wildman–Crippen LogP) is 4.52. The first-order chi connectivity index (χ1) is 10.2. The number of nitrogens with one attached hydrogen (secondary N) is 1. The molecule has 0 aliphatic heterocycles. The number of thioether (sulfide) groups is 1. The van der Waals surface area contributed by atoms with Crippen LogP contribution in [0.25, 0.3) is 0 Å². The molecule has 0 aliphatic rings. The van der Waals surface area contributed by atoms with E-state index >= 15 is 0 Å². The topological polar surface area (TPSA) is 41.5 Å². The number of hydrogen-bond acceptors (Lipinski definition) is 4. The standard InChI is InChI=1S/C17H21NO2S/c1-3-20-16-11-13(9-10-15(16)19)12-18-14-7-5-6-8-17(14)21-4-2/h5-11,18-19H,3-4,12H2,1-2H3. The van der Waals surface area contributed by atoms with Gasteiger partial charge in [-0.05, 0) is 42.5 Å². The minimum atomic E-state index is 0.183. The molecule has 2 rings (SSSR count). The van der Waals surface area contributed by atoms with Crippen molar-refractivity contribution in [2.75, 3.05) is 17.7 Å². The minimum absolute atomic E-state index is 0.183. The van der Waals surface area contributed by atoms with Gasteiger partial charge in [-0.25, -0.2) is 0 Å². The number of phenols is 1. The van der Waals surface area contributed by atoms with Gasteiger partial charge in [-0.1, -0.05) is 25.1 Å². The van der Waals surface area contributed by atoms with Crippen LogP contribution in [0, 0.1) is 0 Å². The number of ether oxygens (including phenoxy) is 1. The maximum Gasteiger partial charge on any atom is 0.161 e. The maximum absolute atomic E-state index is 9.72. The smallest absolute Gasteiger partial charge is 0.161 e. The molecule has 2 aromatic carbocycles. The number of aromatic hydroxyl groups is 1. The van der Waals surface area contributed by atoms with Crippen molar-refractivity contribution in [1.82, 2.24) is 0 Å². The Bertz CT molecular complexity index is 587.